The molecule has 5 aromatic rings. The van der Waals surface area contributed by atoms with Crippen molar-refractivity contribution in [3.05, 3.63) is 87.7 Å². The highest BCUT2D eigenvalue weighted by atomic mass is 19.4. The molecule has 3 fully saturated rings. The van der Waals surface area contributed by atoms with E-state index in [0.717, 1.165) is 62.0 Å². The van der Waals surface area contributed by atoms with Crippen LogP contribution in [0, 0.1) is 5.92 Å². The number of carbonyl (C=O) groups is 4. The highest BCUT2D eigenvalue weighted by Gasteiger charge is 2.36. The van der Waals surface area contributed by atoms with E-state index in [0.29, 0.717) is 41.4 Å². The van der Waals surface area contributed by atoms with Gasteiger partial charge in [-0.25, -0.2) is 9.78 Å². The zero-order chi connectivity index (χ0) is 44.2. The van der Waals surface area contributed by atoms with Gasteiger partial charge in [0, 0.05) is 74.9 Å². The molecule has 2 aliphatic heterocycles. The summed E-state index contributed by atoms with van der Waals surface area (Å²) in [6.07, 6.45) is 1.99. The van der Waals surface area contributed by atoms with Crippen LogP contribution >= 0.6 is 0 Å². The van der Waals surface area contributed by atoms with E-state index in [4.69, 9.17) is 5.10 Å². The summed E-state index contributed by atoms with van der Waals surface area (Å²) in [4.78, 5) is 72.6. The number of fused-ring (bicyclic) bond motifs is 2. The molecule has 1 saturated carbocycles. The van der Waals surface area contributed by atoms with Gasteiger partial charge in [-0.05, 0) is 94.7 Å². The molecule has 4 amide bonds. The Morgan fingerprint density at radius 3 is 2.35 bits per heavy atom. The average Bonchev–Trinajstić information content (AvgIpc) is 3.77. The van der Waals surface area contributed by atoms with E-state index in [1.54, 1.807) is 37.6 Å². The van der Waals surface area contributed by atoms with Crippen LogP contribution in [0.1, 0.15) is 105 Å². The van der Waals surface area contributed by atoms with Gasteiger partial charge in [0.05, 0.1) is 28.2 Å². The number of rotatable bonds is 9. The third-order valence-electron chi connectivity index (χ3n) is 12.8. The van der Waals surface area contributed by atoms with Gasteiger partial charge < -0.3 is 15.3 Å². The number of anilines is 1. The second kappa shape index (κ2) is 16.4. The van der Waals surface area contributed by atoms with Gasteiger partial charge in [-0.1, -0.05) is 18.2 Å². The Hall–Kier alpha value is -5.88. The molecule has 8 rings (SSSR count). The number of imidazole rings is 1. The number of para-hydroxylation sites is 1. The Labute approximate surface area is 354 Å². The first-order chi connectivity index (χ1) is 29.4. The molecular formula is C44H50F3N9O6. The number of amides is 4. The number of imide groups is 1. The summed E-state index contributed by atoms with van der Waals surface area (Å²) in [6.45, 7) is 5.22. The SMILES string of the molecule is CN(C(=O)[C@H]1CC[C@H](n2cc3cc(NC(=O)c4cccc(C(F)(F)F)n4)c(C(C)(C)O)cc3n2)CC1)C1CCN(Cc2cccc3c2n(C)c(=O)n3C2CCC(=O)NC2=O)CC1. The normalized spacial score (nSPS) is 20.7. The van der Waals surface area contributed by atoms with Crippen LogP contribution in [0.4, 0.5) is 18.9 Å². The number of aliphatic hydroxyl groups is 1. The lowest BCUT2D eigenvalue weighted by atomic mass is 9.84. The van der Waals surface area contributed by atoms with Crippen molar-refractivity contribution in [3.8, 4) is 0 Å². The molecule has 1 unspecified atom stereocenters. The Kier molecular flexibility index (Phi) is 11.3. The lowest BCUT2D eigenvalue weighted by Crippen LogP contribution is -2.47. The number of aryl methyl sites for hydroxylation is 1. The van der Waals surface area contributed by atoms with Crippen molar-refractivity contribution in [2.45, 2.75) is 102 Å². The van der Waals surface area contributed by atoms with Gasteiger partial charge in [-0.15, -0.1) is 0 Å². The Bertz CT molecular complexity index is 2630. The number of likely N-dealkylation sites (tertiary alicyclic amines) is 1. The fraction of sp³-hybridized carbons (Fsp3) is 0.477. The van der Waals surface area contributed by atoms with Crippen LogP contribution in [-0.4, -0.2) is 88.6 Å². The van der Waals surface area contributed by atoms with Crippen molar-refractivity contribution < 1.29 is 37.5 Å². The highest BCUT2D eigenvalue weighted by molar-refractivity contribution is 6.04. The molecule has 0 bridgehead atoms. The molecule has 18 heteroatoms. The molecule has 3 N–H and O–H groups in total. The van der Waals surface area contributed by atoms with Crippen LogP contribution in [0.25, 0.3) is 21.9 Å². The van der Waals surface area contributed by atoms with Crippen LogP contribution in [0.2, 0.25) is 0 Å². The van der Waals surface area contributed by atoms with E-state index in [-0.39, 0.29) is 54.0 Å². The third kappa shape index (κ3) is 8.36. The van der Waals surface area contributed by atoms with Crippen LogP contribution in [0.5, 0.6) is 0 Å². The number of carbonyl (C=O) groups excluding carboxylic acids is 4. The fourth-order valence-electron chi connectivity index (χ4n) is 9.43. The number of aromatic nitrogens is 5. The van der Waals surface area contributed by atoms with Crippen molar-refractivity contribution in [1.29, 1.82) is 0 Å². The number of hydrogen-bond acceptors (Lipinski definition) is 9. The number of pyridine rings is 1. The van der Waals surface area contributed by atoms with Gasteiger partial charge in [0.25, 0.3) is 5.91 Å². The topological polar surface area (TPSA) is 177 Å². The minimum absolute atomic E-state index is 0.0165. The second-order valence-corrected chi connectivity index (χ2v) is 17.4. The first-order valence-electron chi connectivity index (χ1n) is 21.0. The first kappa shape index (κ1) is 42.8. The number of nitrogens with zero attached hydrogens (tertiary/aromatic N) is 7. The van der Waals surface area contributed by atoms with Gasteiger partial charge in [-0.3, -0.25) is 43.2 Å². The number of alkyl halides is 3. The zero-order valence-electron chi connectivity index (χ0n) is 35.0. The number of piperidine rings is 2. The second-order valence-electron chi connectivity index (χ2n) is 17.4. The first-order valence-corrected chi connectivity index (χ1v) is 21.0. The van der Waals surface area contributed by atoms with E-state index in [9.17, 15) is 42.3 Å². The molecule has 2 aromatic carbocycles. The Morgan fingerprint density at radius 1 is 0.968 bits per heavy atom. The highest BCUT2D eigenvalue weighted by Crippen LogP contribution is 2.37. The summed E-state index contributed by atoms with van der Waals surface area (Å²) >= 11 is 0. The molecule has 62 heavy (non-hydrogen) atoms. The predicted octanol–water partition coefficient (Wildman–Crippen LogP) is 5.42. The fourth-order valence-corrected chi connectivity index (χ4v) is 9.43. The van der Waals surface area contributed by atoms with Gasteiger partial charge in [0.2, 0.25) is 17.7 Å². The van der Waals surface area contributed by atoms with E-state index >= 15 is 0 Å². The minimum Gasteiger partial charge on any atom is -0.386 e. The maximum Gasteiger partial charge on any atom is 0.433 e. The average molecular weight is 858 g/mol. The molecule has 0 spiro atoms. The Balaban J connectivity index is 0.878. The lowest BCUT2D eigenvalue weighted by Gasteiger charge is -2.39. The standard InChI is InChI=1S/C44H50F3N9O6/c1-43(2,62)30-22-32-27(21-33(30)49-39(58)31-8-6-10-36(48-31)44(45,46)47)24-55(51-32)29-13-11-25(12-14-29)41(60)52(3)28-17-19-54(20-18-28)23-26-7-5-9-34-38(26)53(4)42(61)56(34)35-15-16-37(57)50-40(35)59/h5-10,21-22,24-25,28-29,35,62H,11-20,23H2,1-4H3,(H,49,58)(H,50,57,59)/t25-,29-,35?. The summed E-state index contributed by atoms with van der Waals surface area (Å²) < 4.78 is 44.8. The van der Waals surface area contributed by atoms with Crippen LogP contribution < -0.4 is 16.3 Å². The van der Waals surface area contributed by atoms with E-state index in [2.05, 4.69) is 20.5 Å². The van der Waals surface area contributed by atoms with E-state index < -0.39 is 41.0 Å². The van der Waals surface area contributed by atoms with Crippen LogP contribution in [0.15, 0.2) is 59.5 Å². The van der Waals surface area contributed by atoms with Crippen molar-refractivity contribution in [2.75, 3.05) is 25.5 Å². The summed E-state index contributed by atoms with van der Waals surface area (Å²) in [6, 6.07) is 11.5. The maximum atomic E-state index is 13.9. The zero-order valence-corrected chi connectivity index (χ0v) is 35.0. The molecule has 15 nitrogen and oxygen atoms in total. The number of halogens is 3. The monoisotopic (exact) mass is 857 g/mol. The van der Waals surface area contributed by atoms with E-state index in [1.807, 2.05) is 41.0 Å². The molecule has 2 saturated heterocycles. The predicted molar refractivity (Wildman–Crippen MR) is 223 cm³/mol. The number of hydrogen-bond donors (Lipinski definition) is 3. The smallest absolute Gasteiger partial charge is 0.386 e. The van der Waals surface area contributed by atoms with Crippen LogP contribution in [-0.2, 0) is 39.8 Å². The van der Waals surface area contributed by atoms with Gasteiger partial charge >= 0.3 is 11.9 Å². The molecule has 1 aliphatic carbocycles. The largest absolute Gasteiger partial charge is 0.433 e. The Morgan fingerprint density at radius 2 is 1.68 bits per heavy atom. The van der Waals surface area contributed by atoms with Crippen molar-refractivity contribution >= 4 is 51.3 Å². The van der Waals surface area contributed by atoms with Gasteiger partial charge in [0.1, 0.15) is 17.4 Å². The quantitative estimate of drug-likeness (QED) is 0.164. The van der Waals surface area contributed by atoms with E-state index in [1.165, 1.54) is 10.6 Å². The molecule has 3 aliphatic rings. The number of benzene rings is 2. The number of nitrogens with one attached hydrogen (secondary N) is 2. The third-order valence-corrected chi connectivity index (χ3v) is 12.8. The summed E-state index contributed by atoms with van der Waals surface area (Å²) in [5.41, 5.74) is 0.203. The van der Waals surface area contributed by atoms with Crippen molar-refractivity contribution in [2.24, 2.45) is 13.0 Å². The molecule has 5 heterocycles. The molecule has 0 radical (unpaired) electrons. The molecule has 1 atom stereocenters. The minimum atomic E-state index is -4.72. The van der Waals surface area contributed by atoms with Crippen LogP contribution in [0.3, 0.4) is 0 Å². The molecular weight excluding hydrogens is 808 g/mol. The lowest BCUT2D eigenvalue weighted by molar-refractivity contribution is -0.141. The van der Waals surface area contributed by atoms with Gasteiger partial charge in [-0.2, -0.15) is 18.3 Å². The van der Waals surface area contributed by atoms with Crippen molar-refractivity contribution in [3.63, 3.8) is 0 Å². The summed E-state index contributed by atoms with van der Waals surface area (Å²) in [7, 11) is 3.60. The molecule has 3 aromatic heterocycles. The van der Waals surface area contributed by atoms with Crippen molar-refractivity contribution in [1.82, 2.24) is 39.0 Å². The molecule has 328 valence electrons. The maximum absolute atomic E-state index is 13.9. The summed E-state index contributed by atoms with van der Waals surface area (Å²) in [5, 5.41) is 21.5. The van der Waals surface area contributed by atoms with Gasteiger partial charge in [0.15, 0.2) is 0 Å². The summed E-state index contributed by atoms with van der Waals surface area (Å²) in [5.74, 6) is -1.65.